The number of hydrogen-bond donors (Lipinski definition) is 0. The molecule has 1 aliphatic rings. The van der Waals surface area contributed by atoms with Gasteiger partial charge in [0.25, 0.3) is 11.8 Å². The van der Waals surface area contributed by atoms with Gasteiger partial charge in [0.2, 0.25) is 0 Å². The lowest BCUT2D eigenvalue weighted by Crippen LogP contribution is -2.33. The minimum Gasteiger partial charge on any atom is -0.269 e. The molecule has 0 aromatic heterocycles. The number of benzene rings is 1. The lowest BCUT2D eigenvalue weighted by atomic mass is 10.1. The molecule has 0 atom stereocenters. The van der Waals surface area contributed by atoms with Crippen molar-refractivity contribution in [2.24, 2.45) is 0 Å². The molecule has 1 aromatic rings. The van der Waals surface area contributed by atoms with E-state index in [-0.39, 0.29) is 0 Å². The van der Waals surface area contributed by atoms with Crippen molar-refractivity contribution in [1.82, 2.24) is 4.90 Å². The minimum absolute atomic E-state index is 0.304. The number of nitrogens with zero attached hydrogens (tertiary/aromatic N) is 1. The molecule has 0 fully saturated rings. The van der Waals surface area contributed by atoms with E-state index in [9.17, 15) is 14.0 Å². The van der Waals surface area contributed by atoms with Gasteiger partial charge in [-0.3, -0.25) is 14.5 Å². The molecule has 1 aromatic carbocycles. The van der Waals surface area contributed by atoms with E-state index in [1.54, 1.807) is 12.1 Å². The second kappa shape index (κ2) is 3.51. The summed E-state index contributed by atoms with van der Waals surface area (Å²) in [6.07, 6.45) is 0. The van der Waals surface area contributed by atoms with Gasteiger partial charge in [0.05, 0.1) is 17.7 Å². The standard InChI is InChI=1S/C10H6FNO2S/c11-8(15)5-12-9(13)6-3-1-2-4-7(6)10(12)14/h1-4H,5H2. The van der Waals surface area contributed by atoms with Crippen LogP contribution in [0.3, 0.4) is 0 Å². The van der Waals surface area contributed by atoms with Crippen LogP contribution in [0.1, 0.15) is 20.7 Å². The summed E-state index contributed by atoms with van der Waals surface area (Å²) < 4.78 is 12.5. The first-order valence-electron chi connectivity index (χ1n) is 4.25. The molecule has 2 rings (SSSR count). The molecule has 5 heteroatoms. The van der Waals surface area contributed by atoms with Crippen molar-refractivity contribution < 1.29 is 14.0 Å². The smallest absolute Gasteiger partial charge is 0.261 e. The van der Waals surface area contributed by atoms with Crippen LogP contribution in [0.15, 0.2) is 24.3 Å². The minimum atomic E-state index is -0.871. The highest BCUT2D eigenvalue weighted by molar-refractivity contribution is 7.80. The zero-order valence-electron chi connectivity index (χ0n) is 7.57. The molecule has 15 heavy (non-hydrogen) atoms. The molecule has 0 saturated heterocycles. The van der Waals surface area contributed by atoms with Crippen LogP contribution >= 0.6 is 12.2 Å². The summed E-state index contributed by atoms with van der Waals surface area (Å²) >= 11 is 4.24. The molecule has 76 valence electrons. The summed E-state index contributed by atoms with van der Waals surface area (Å²) in [5, 5.41) is -0.871. The molecule has 0 saturated carbocycles. The van der Waals surface area contributed by atoms with Crippen molar-refractivity contribution in [3.05, 3.63) is 35.4 Å². The van der Waals surface area contributed by atoms with E-state index in [4.69, 9.17) is 0 Å². The van der Waals surface area contributed by atoms with E-state index in [1.165, 1.54) is 12.1 Å². The maximum atomic E-state index is 12.5. The van der Waals surface area contributed by atoms with E-state index in [1.807, 2.05) is 0 Å². The van der Waals surface area contributed by atoms with E-state index < -0.39 is 23.5 Å². The second-order valence-corrected chi connectivity index (χ2v) is 3.54. The number of amides is 2. The first kappa shape index (κ1) is 9.92. The van der Waals surface area contributed by atoms with Gasteiger partial charge < -0.3 is 0 Å². The summed E-state index contributed by atoms with van der Waals surface area (Å²) in [6, 6.07) is 6.39. The summed E-state index contributed by atoms with van der Waals surface area (Å²) in [4.78, 5) is 24.1. The summed E-state index contributed by atoms with van der Waals surface area (Å²) in [7, 11) is 0. The fraction of sp³-hybridized carbons (Fsp3) is 0.100. The SMILES string of the molecule is O=C1c2ccccc2C(=O)N1CC(F)=S. The van der Waals surface area contributed by atoms with Crippen LogP contribution in [0.2, 0.25) is 0 Å². The quantitative estimate of drug-likeness (QED) is 0.434. The fourth-order valence-electron chi connectivity index (χ4n) is 1.51. The number of hydrogen-bond acceptors (Lipinski definition) is 3. The zero-order chi connectivity index (χ0) is 11.0. The van der Waals surface area contributed by atoms with Crippen LogP contribution in [0.25, 0.3) is 0 Å². The fourth-order valence-corrected chi connectivity index (χ4v) is 1.64. The summed E-state index contributed by atoms with van der Waals surface area (Å²) in [6.45, 7) is -0.443. The largest absolute Gasteiger partial charge is 0.269 e. The lowest BCUT2D eigenvalue weighted by molar-refractivity contribution is 0.0675. The van der Waals surface area contributed by atoms with Crippen LogP contribution in [0, 0.1) is 0 Å². The molecule has 0 unspecified atom stereocenters. The van der Waals surface area contributed by atoms with Crippen molar-refractivity contribution in [1.29, 1.82) is 0 Å². The Morgan fingerprint density at radius 1 is 1.20 bits per heavy atom. The van der Waals surface area contributed by atoms with E-state index in [0.717, 1.165) is 4.90 Å². The molecule has 0 N–H and O–H groups in total. The van der Waals surface area contributed by atoms with Gasteiger partial charge in [-0.1, -0.05) is 12.1 Å². The average Bonchev–Trinajstić information content (AvgIpc) is 2.44. The molecule has 0 spiro atoms. The third kappa shape index (κ3) is 1.55. The number of carbonyl (C=O) groups is 2. The normalized spacial score (nSPS) is 14.3. The van der Waals surface area contributed by atoms with Crippen molar-refractivity contribution in [2.45, 2.75) is 0 Å². The average molecular weight is 223 g/mol. The molecule has 1 heterocycles. The van der Waals surface area contributed by atoms with Crippen LogP contribution in [0.4, 0.5) is 4.39 Å². The monoisotopic (exact) mass is 223 g/mol. The van der Waals surface area contributed by atoms with Crippen molar-refractivity contribution >= 4 is 29.2 Å². The molecule has 0 aliphatic carbocycles. The molecule has 2 amide bonds. The third-order valence-corrected chi connectivity index (χ3v) is 2.29. The predicted octanol–water partition coefficient (Wildman–Crippen LogP) is 1.58. The van der Waals surface area contributed by atoms with Crippen molar-refractivity contribution in [3.8, 4) is 0 Å². The van der Waals surface area contributed by atoms with Crippen LogP contribution in [-0.2, 0) is 0 Å². The van der Waals surface area contributed by atoms with Gasteiger partial charge in [-0.2, -0.15) is 4.39 Å². The highest BCUT2D eigenvalue weighted by atomic mass is 32.1. The van der Waals surface area contributed by atoms with Crippen molar-refractivity contribution in [2.75, 3.05) is 6.54 Å². The Morgan fingerprint density at radius 2 is 1.67 bits per heavy atom. The Hall–Kier alpha value is -1.62. The number of imide groups is 1. The lowest BCUT2D eigenvalue weighted by Gasteiger charge is -2.10. The Kier molecular flexibility index (Phi) is 2.32. The molecule has 3 nitrogen and oxygen atoms in total. The molecule has 0 radical (unpaired) electrons. The van der Waals surface area contributed by atoms with Gasteiger partial charge in [-0.05, 0) is 24.4 Å². The Labute approximate surface area is 90.5 Å². The highest BCUT2D eigenvalue weighted by Crippen LogP contribution is 2.22. The van der Waals surface area contributed by atoms with Gasteiger partial charge in [0.1, 0.15) is 0 Å². The highest BCUT2D eigenvalue weighted by Gasteiger charge is 2.35. The Bertz CT molecular complexity index is 437. The molecular formula is C10H6FNO2S. The third-order valence-electron chi connectivity index (χ3n) is 2.16. The Morgan fingerprint density at radius 3 is 2.07 bits per heavy atom. The topological polar surface area (TPSA) is 37.4 Å². The number of thiocarbonyl (C=S) groups is 1. The maximum Gasteiger partial charge on any atom is 0.261 e. The van der Waals surface area contributed by atoms with Crippen LogP contribution < -0.4 is 0 Å². The van der Waals surface area contributed by atoms with Crippen LogP contribution in [-0.4, -0.2) is 28.4 Å². The molecule has 0 bridgehead atoms. The van der Waals surface area contributed by atoms with Gasteiger partial charge in [0.15, 0.2) is 5.12 Å². The van der Waals surface area contributed by atoms with Gasteiger partial charge >= 0.3 is 0 Å². The Balaban J connectivity index is 2.41. The first-order chi connectivity index (χ1) is 7.11. The number of halogens is 1. The molecular weight excluding hydrogens is 217 g/mol. The first-order valence-corrected chi connectivity index (χ1v) is 4.65. The van der Waals surface area contributed by atoms with Crippen LogP contribution in [0.5, 0.6) is 0 Å². The summed E-state index contributed by atoms with van der Waals surface area (Å²) in [5.74, 6) is -0.980. The van der Waals surface area contributed by atoms with E-state index in [0.29, 0.717) is 11.1 Å². The predicted molar refractivity (Wildman–Crippen MR) is 55.5 cm³/mol. The van der Waals surface area contributed by atoms with Gasteiger partial charge in [0, 0.05) is 0 Å². The second-order valence-electron chi connectivity index (χ2n) is 3.10. The van der Waals surface area contributed by atoms with Crippen molar-refractivity contribution in [3.63, 3.8) is 0 Å². The number of carbonyl (C=O) groups excluding carboxylic acids is 2. The zero-order valence-corrected chi connectivity index (χ0v) is 8.38. The maximum absolute atomic E-state index is 12.5. The summed E-state index contributed by atoms with van der Waals surface area (Å²) in [5.41, 5.74) is 0.609. The van der Waals surface area contributed by atoms with Gasteiger partial charge in [-0.15, -0.1) is 0 Å². The number of rotatable bonds is 2. The van der Waals surface area contributed by atoms with E-state index in [2.05, 4.69) is 12.2 Å². The van der Waals surface area contributed by atoms with E-state index >= 15 is 0 Å². The number of fused-ring (bicyclic) bond motifs is 1. The van der Waals surface area contributed by atoms with Gasteiger partial charge in [-0.25, -0.2) is 0 Å². The molecule has 1 aliphatic heterocycles.